The molecule has 120 valence electrons. The summed E-state index contributed by atoms with van der Waals surface area (Å²) in [6.45, 7) is 0.436. The molecule has 1 heterocycles. The third-order valence-corrected chi connectivity index (χ3v) is 3.20. The molecule has 8 heteroatoms. The third kappa shape index (κ3) is 5.42. The molecule has 0 aliphatic rings. The highest BCUT2D eigenvalue weighted by atomic mass is 16.2. The fraction of sp³-hybridized carbons (Fsp3) is 0.333. The summed E-state index contributed by atoms with van der Waals surface area (Å²) in [5.74, 6) is 0.329. The minimum atomic E-state index is -0.0715. The maximum absolute atomic E-state index is 11.7. The maximum Gasteiger partial charge on any atom is 0.220 e. The smallest absolute Gasteiger partial charge is 0.220 e. The molecule has 1 aromatic heterocycles. The molecule has 0 aliphatic heterocycles. The van der Waals surface area contributed by atoms with Crippen molar-refractivity contribution in [1.82, 2.24) is 31.0 Å². The van der Waals surface area contributed by atoms with Crippen molar-refractivity contribution in [3.05, 3.63) is 36.2 Å². The van der Waals surface area contributed by atoms with Crippen LogP contribution in [0.1, 0.15) is 24.8 Å². The molecule has 23 heavy (non-hydrogen) atoms. The van der Waals surface area contributed by atoms with Crippen LogP contribution in [0.5, 0.6) is 0 Å². The van der Waals surface area contributed by atoms with Crippen molar-refractivity contribution >= 4 is 11.8 Å². The SMILES string of the molecule is CNC(=O)CCCC(=O)NCc1ccc(-c2nncnn2)cc1. The highest BCUT2D eigenvalue weighted by molar-refractivity contribution is 5.78. The van der Waals surface area contributed by atoms with Gasteiger partial charge in [-0.25, -0.2) is 0 Å². The van der Waals surface area contributed by atoms with Crippen LogP contribution in [0.15, 0.2) is 30.6 Å². The molecule has 8 nitrogen and oxygen atoms in total. The Morgan fingerprint density at radius 2 is 1.65 bits per heavy atom. The van der Waals surface area contributed by atoms with E-state index in [-0.39, 0.29) is 11.8 Å². The average molecular weight is 314 g/mol. The summed E-state index contributed by atoms with van der Waals surface area (Å²) in [6.07, 6.45) is 2.51. The number of nitrogens with zero attached hydrogens (tertiary/aromatic N) is 4. The molecule has 0 saturated heterocycles. The molecule has 0 saturated carbocycles. The van der Waals surface area contributed by atoms with Gasteiger partial charge in [0.1, 0.15) is 0 Å². The minimum absolute atomic E-state index is 0.0551. The second-order valence-electron chi connectivity index (χ2n) is 4.87. The van der Waals surface area contributed by atoms with E-state index in [1.807, 2.05) is 24.3 Å². The Kier molecular flexibility index (Phi) is 6.10. The normalized spacial score (nSPS) is 10.1. The van der Waals surface area contributed by atoms with E-state index in [9.17, 15) is 9.59 Å². The lowest BCUT2D eigenvalue weighted by Crippen LogP contribution is -2.23. The van der Waals surface area contributed by atoms with Crippen LogP contribution in [0, 0.1) is 0 Å². The fourth-order valence-electron chi connectivity index (χ4n) is 1.91. The summed E-state index contributed by atoms with van der Waals surface area (Å²) in [4.78, 5) is 22.8. The molecule has 2 N–H and O–H groups in total. The number of benzene rings is 1. The number of nitrogens with one attached hydrogen (secondary N) is 2. The molecule has 0 aliphatic carbocycles. The van der Waals surface area contributed by atoms with Crippen LogP contribution in [0.25, 0.3) is 11.4 Å². The zero-order valence-electron chi connectivity index (χ0n) is 12.8. The number of aromatic nitrogens is 4. The second-order valence-corrected chi connectivity index (χ2v) is 4.87. The lowest BCUT2D eigenvalue weighted by molar-refractivity contribution is -0.122. The van der Waals surface area contributed by atoms with Gasteiger partial charge in [-0.1, -0.05) is 24.3 Å². The number of amides is 2. The molecule has 0 atom stereocenters. The van der Waals surface area contributed by atoms with Crippen molar-refractivity contribution in [1.29, 1.82) is 0 Å². The van der Waals surface area contributed by atoms with E-state index >= 15 is 0 Å². The molecule has 2 aromatic rings. The first kappa shape index (κ1) is 16.5. The summed E-state index contributed by atoms with van der Waals surface area (Å²) < 4.78 is 0. The Labute approximate surface area is 133 Å². The third-order valence-electron chi connectivity index (χ3n) is 3.20. The van der Waals surface area contributed by atoms with Crippen molar-refractivity contribution in [2.45, 2.75) is 25.8 Å². The van der Waals surface area contributed by atoms with E-state index in [1.54, 1.807) is 7.05 Å². The van der Waals surface area contributed by atoms with Gasteiger partial charge >= 0.3 is 0 Å². The second kappa shape index (κ2) is 8.52. The predicted molar refractivity (Wildman–Crippen MR) is 82.8 cm³/mol. The van der Waals surface area contributed by atoms with E-state index in [0.717, 1.165) is 11.1 Å². The van der Waals surface area contributed by atoms with Crippen LogP contribution in [0.3, 0.4) is 0 Å². The van der Waals surface area contributed by atoms with Gasteiger partial charge in [-0.15, -0.1) is 20.4 Å². The summed E-state index contributed by atoms with van der Waals surface area (Å²) in [6, 6.07) is 7.48. The van der Waals surface area contributed by atoms with Crippen LogP contribution in [0.2, 0.25) is 0 Å². The molecular formula is C15H18N6O2. The van der Waals surface area contributed by atoms with Crippen LogP contribution in [-0.4, -0.2) is 39.3 Å². The van der Waals surface area contributed by atoms with Gasteiger partial charge in [0.25, 0.3) is 0 Å². The van der Waals surface area contributed by atoms with Crippen molar-refractivity contribution < 1.29 is 9.59 Å². The number of hydrogen-bond acceptors (Lipinski definition) is 6. The Hall–Kier alpha value is -2.90. The summed E-state index contributed by atoms with van der Waals surface area (Å²) in [5, 5.41) is 20.5. The topological polar surface area (TPSA) is 110 Å². The lowest BCUT2D eigenvalue weighted by atomic mass is 10.1. The minimum Gasteiger partial charge on any atom is -0.359 e. The van der Waals surface area contributed by atoms with Crippen molar-refractivity contribution in [3.63, 3.8) is 0 Å². The monoisotopic (exact) mass is 314 g/mol. The first-order chi connectivity index (χ1) is 11.2. The first-order valence-corrected chi connectivity index (χ1v) is 7.26. The van der Waals surface area contributed by atoms with E-state index in [2.05, 4.69) is 31.0 Å². The number of rotatable bonds is 7. The van der Waals surface area contributed by atoms with Crippen molar-refractivity contribution in [2.24, 2.45) is 0 Å². The van der Waals surface area contributed by atoms with Gasteiger partial charge in [0.05, 0.1) is 0 Å². The zero-order chi connectivity index (χ0) is 16.5. The quantitative estimate of drug-likeness (QED) is 0.768. The molecule has 0 fully saturated rings. The predicted octanol–water partition coefficient (Wildman–Crippen LogP) is 0.466. The Morgan fingerprint density at radius 1 is 1.00 bits per heavy atom. The number of hydrogen-bond donors (Lipinski definition) is 2. The first-order valence-electron chi connectivity index (χ1n) is 7.26. The zero-order valence-corrected chi connectivity index (χ0v) is 12.8. The molecule has 0 radical (unpaired) electrons. The van der Waals surface area contributed by atoms with Gasteiger partial charge in [-0.2, -0.15) is 0 Å². The van der Waals surface area contributed by atoms with Crippen LogP contribution < -0.4 is 10.6 Å². The molecule has 0 spiro atoms. The molecule has 0 bridgehead atoms. The average Bonchev–Trinajstić information content (AvgIpc) is 2.61. The summed E-state index contributed by atoms with van der Waals surface area (Å²) in [5.41, 5.74) is 1.77. The van der Waals surface area contributed by atoms with Crippen molar-refractivity contribution in [3.8, 4) is 11.4 Å². The standard InChI is InChI=1S/C15H18N6O2/c1-16-13(22)3-2-4-14(23)17-9-11-5-7-12(8-6-11)15-20-18-10-19-21-15/h5-8,10H,2-4,9H2,1H3,(H,16,22)(H,17,23). The maximum atomic E-state index is 11.7. The van der Waals surface area contributed by atoms with Gasteiger partial charge in [0.15, 0.2) is 6.33 Å². The highest BCUT2D eigenvalue weighted by Crippen LogP contribution is 2.13. The van der Waals surface area contributed by atoms with E-state index in [1.165, 1.54) is 6.33 Å². The highest BCUT2D eigenvalue weighted by Gasteiger charge is 2.05. The fourth-order valence-corrected chi connectivity index (χ4v) is 1.91. The van der Waals surface area contributed by atoms with Crippen LogP contribution in [0.4, 0.5) is 0 Å². The van der Waals surface area contributed by atoms with Crippen molar-refractivity contribution in [2.75, 3.05) is 7.05 Å². The van der Waals surface area contributed by atoms with Crippen LogP contribution in [-0.2, 0) is 16.1 Å². The Bertz CT molecular complexity index is 645. The molecule has 2 amide bonds. The molecule has 2 rings (SSSR count). The van der Waals surface area contributed by atoms with Crippen LogP contribution >= 0.6 is 0 Å². The Balaban J connectivity index is 1.78. The lowest BCUT2D eigenvalue weighted by Gasteiger charge is -2.06. The summed E-state index contributed by atoms with van der Waals surface area (Å²) in [7, 11) is 1.58. The number of carbonyl (C=O) groups excluding carboxylic acids is 2. The van der Waals surface area contributed by atoms with Gasteiger partial charge in [0, 0.05) is 32.0 Å². The number of carbonyl (C=O) groups is 2. The van der Waals surface area contributed by atoms with E-state index in [0.29, 0.717) is 31.6 Å². The van der Waals surface area contributed by atoms with Gasteiger partial charge in [-0.05, 0) is 12.0 Å². The van der Waals surface area contributed by atoms with Gasteiger partial charge < -0.3 is 10.6 Å². The Morgan fingerprint density at radius 3 is 2.30 bits per heavy atom. The van der Waals surface area contributed by atoms with E-state index in [4.69, 9.17) is 0 Å². The molecule has 1 aromatic carbocycles. The molecule has 0 unspecified atom stereocenters. The molecular weight excluding hydrogens is 296 g/mol. The largest absolute Gasteiger partial charge is 0.359 e. The summed E-state index contributed by atoms with van der Waals surface area (Å²) >= 11 is 0. The van der Waals surface area contributed by atoms with E-state index < -0.39 is 0 Å². The van der Waals surface area contributed by atoms with Gasteiger partial charge in [0.2, 0.25) is 17.6 Å². The van der Waals surface area contributed by atoms with Gasteiger partial charge in [-0.3, -0.25) is 9.59 Å².